The Bertz CT molecular complexity index is 993. The molecule has 2 heterocycles. The first kappa shape index (κ1) is 20.4. The van der Waals surface area contributed by atoms with Crippen molar-refractivity contribution < 1.29 is 9.53 Å². The van der Waals surface area contributed by atoms with Crippen LogP contribution in [0.15, 0.2) is 30.5 Å². The van der Waals surface area contributed by atoms with Crippen molar-refractivity contribution in [3.8, 4) is 5.75 Å². The minimum Gasteiger partial charge on any atom is -0.497 e. The number of anilines is 1. The Morgan fingerprint density at radius 1 is 1.21 bits per heavy atom. The molecule has 0 aliphatic rings. The summed E-state index contributed by atoms with van der Waals surface area (Å²) in [4.78, 5) is 12.5. The van der Waals surface area contributed by atoms with Crippen molar-refractivity contribution in [2.45, 2.75) is 40.3 Å². The molecule has 2 aromatic heterocycles. The second-order valence-corrected chi connectivity index (χ2v) is 7.82. The fourth-order valence-electron chi connectivity index (χ4n) is 3.03. The molecule has 1 amide bonds. The Morgan fingerprint density at radius 2 is 2.00 bits per heavy atom. The minimum atomic E-state index is -0.0444. The Kier molecular flexibility index (Phi) is 6.38. The Balaban J connectivity index is 1.67. The SMILES string of the molecule is COc1cccc(Cn2nc(C)c(NC(=O)CCn3ncc(I)c3C)c2C)c1. The van der Waals surface area contributed by atoms with E-state index in [2.05, 4.69) is 38.1 Å². The van der Waals surface area contributed by atoms with E-state index in [-0.39, 0.29) is 5.91 Å². The van der Waals surface area contributed by atoms with Crippen LogP contribution in [0.4, 0.5) is 5.69 Å². The van der Waals surface area contributed by atoms with Gasteiger partial charge in [-0.3, -0.25) is 14.2 Å². The summed E-state index contributed by atoms with van der Waals surface area (Å²) in [7, 11) is 1.65. The lowest BCUT2D eigenvalue weighted by Gasteiger charge is -2.09. The van der Waals surface area contributed by atoms with E-state index < -0.39 is 0 Å². The van der Waals surface area contributed by atoms with E-state index in [0.717, 1.165) is 37.7 Å². The van der Waals surface area contributed by atoms with Gasteiger partial charge < -0.3 is 10.1 Å². The highest BCUT2D eigenvalue weighted by atomic mass is 127. The van der Waals surface area contributed by atoms with Crippen molar-refractivity contribution in [1.82, 2.24) is 19.6 Å². The Hall–Kier alpha value is -2.36. The topological polar surface area (TPSA) is 74.0 Å². The van der Waals surface area contributed by atoms with Gasteiger partial charge in [-0.25, -0.2) is 0 Å². The molecule has 0 bridgehead atoms. The largest absolute Gasteiger partial charge is 0.497 e. The van der Waals surface area contributed by atoms with Gasteiger partial charge >= 0.3 is 0 Å². The number of methoxy groups -OCH3 is 1. The average molecular weight is 493 g/mol. The number of ether oxygens (including phenoxy) is 1. The van der Waals surface area contributed by atoms with Gasteiger partial charge in [0.2, 0.25) is 5.91 Å². The molecule has 7 nitrogen and oxygen atoms in total. The minimum absolute atomic E-state index is 0.0444. The van der Waals surface area contributed by atoms with E-state index in [4.69, 9.17) is 4.74 Å². The number of benzene rings is 1. The fraction of sp³-hybridized carbons (Fsp3) is 0.350. The van der Waals surface area contributed by atoms with Crippen LogP contribution in [-0.2, 0) is 17.9 Å². The number of aryl methyl sites for hydroxylation is 2. The quantitative estimate of drug-likeness (QED) is 0.510. The van der Waals surface area contributed by atoms with Gasteiger partial charge in [0, 0.05) is 12.1 Å². The van der Waals surface area contributed by atoms with Gasteiger partial charge in [0.1, 0.15) is 5.75 Å². The van der Waals surface area contributed by atoms with Gasteiger partial charge in [-0.2, -0.15) is 10.2 Å². The number of aromatic nitrogens is 4. The molecule has 3 rings (SSSR count). The lowest BCUT2D eigenvalue weighted by Crippen LogP contribution is -2.16. The summed E-state index contributed by atoms with van der Waals surface area (Å²) in [5.41, 5.74) is 4.68. The first-order valence-corrected chi connectivity index (χ1v) is 10.1. The van der Waals surface area contributed by atoms with Gasteiger partial charge in [0.25, 0.3) is 0 Å². The van der Waals surface area contributed by atoms with Gasteiger partial charge in [0.15, 0.2) is 0 Å². The van der Waals surface area contributed by atoms with Crippen LogP contribution in [0, 0.1) is 24.3 Å². The number of nitrogens with one attached hydrogen (secondary N) is 1. The molecule has 0 saturated carbocycles. The first-order valence-electron chi connectivity index (χ1n) is 9.03. The molecule has 0 saturated heterocycles. The maximum Gasteiger partial charge on any atom is 0.226 e. The zero-order chi connectivity index (χ0) is 20.3. The molecule has 0 fully saturated rings. The van der Waals surface area contributed by atoms with E-state index in [1.807, 2.05) is 60.6 Å². The molecule has 148 valence electrons. The Morgan fingerprint density at radius 3 is 2.68 bits per heavy atom. The molecule has 0 atom stereocenters. The number of carbonyl (C=O) groups excluding carboxylic acids is 1. The highest BCUT2D eigenvalue weighted by molar-refractivity contribution is 14.1. The zero-order valence-electron chi connectivity index (χ0n) is 16.5. The summed E-state index contributed by atoms with van der Waals surface area (Å²) in [6.07, 6.45) is 2.17. The molecule has 3 aromatic rings. The summed E-state index contributed by atoms with van der Waals surface area (Å²) in [6, 6.07) is 7.90. The molecule has 0 unspecified atom stereocenters. The molecule has 0 radical (unpaired) electrons. The summed E-state index contributed by atoms with van der Waals surface area (Å²) in [5, 5.41) is 11.9. The highest BCUT2D eigenvalue weighted by Gasteiger charge is 2.15. The van der Waals surface area contributed by atoms with E-state index in [1.54, 1.807) is 7.11 Å². The maximum atomic E-state index is 12.5. The van der Waals surface area contributed by atoms with E-state index in [9.17, 15) is 4.79 Å². The van der Waals surface area contributed by atoms with Crippen molar-refractivity contribution in [2.24, 2.45) is 0 Å². The van der Waals surface area contributed by atoms with Crippen LogP contribution in [0.25, 0.3) is 0 Å². The lowest BCUT2D eigenvalue weighted by molar-refractivity contribution is -0.116. The van der Waals surface area contributed by atoms with Gasteiger partial charge in [-0.15, -0.1) is 0 Å². The van der Waals surface area contributed by atoms with Crippen molar-refractivity contribution in [1.29, 1.82) is 0 Å². The van der Waals surface area contributed by atoms with Crippen molar-refractivity contribution in [2.75, 3.05) is 12.4 Å². The van der Waals surface area contributed by atoms with Crippen LogP contribution >= 0.6 is 22.6 Å². The second-order valence-electron chi connectivity index (χ2n) is 6.65. The number of nitrogens with zero attached hydrogens (tertiary/aromatic N) is 4. The monoisotopic (exact) mass is 493 g/mol. The third kappa shape index (κ3) is 4.54. The summed E-state index contributed by atoms with van der Waals surface area (Å²) < 4.78 is 10.1. The van der Waals surface area contributed by atoms with E-state index in [1.165, 1.54) is 0 Å². The predicted molar refractivity (Wildman–Crippen MR) is 117 cm³/mol. The normalized spacial score (nSPS) is 10.9. The van der Waals surface area contributed by atoms with Gasteiger partial charge in [-0.05, 0) is 61.1 Å². The molecule has 1 N–H and O–H groups in total. The van der Waals surface area contributed by atoms with Crippen LogP contribution in [-0.4, -0.2) is 32.6 Å². The summed E-state index contributed by atoms with van der Waals surface area (Å²) in [6.45, 7) is 7.05. The van der Waals surface area contributed by atoms with Gasteiger partial charge in [-0.1, -0.05) is 12.1 Å². The molecule has 0 aliphatic heterocycles. The predicted octanol–water partition coefficient (Wildman–Crippen LogP) is 3.70. The fourth-order valence-corrected chi connectivity index (χ4v) is 3.44. The van der Waals surface area contributed by atoms with Crippen LogP contribution in [0.5, 0.6) is 5.75 Å². The number of hydrogen-bond donors (Lipinski definition) is 1. The third-order valence-corrected chi connectivity index (χ3v) is 5.77. The molecule has 0 aliphatic carbocycles. The molecular formula is C20H24IN5O2. The van der Waals surface area contributed by atoms with Crippen molar-refractivity contribution >= 4 is 34.2 Å². The highest BCUT2D eigenvalue weighted by Crippen LogP contribution is 2.22. The second kappa shape index (κ2) is 8.76. The molecule has 28 heavy (non-hydrogen) atoms. The van der Waals surface area contributed by atoms with E-state index >= 15 is 0 Å². The summed E-state index contributed by atoms with van der Waals surface area (Å²) >= 11 is 2.24. The van der Waals surface area contributed by atoms with Crippen molar-refractivity contribution in [3.05, 3.63) is 56.7 Å². The molecule has 1 aromatic carbocycles. The number of halogens is 1. The lowest BCUT2D eigenvalue weighted by atomic mass is 10.2. The Labute approximate surface area is 178 Å². The molecule has 8 heteroatoms. The van der Waals surface area contributed by atoms with Gasteiger partial charge in [0.05, 0.1) is 47.0 Å². The number of hydrogen-bond acceptors (Lipinski definition) is 4. The molecule has 0 spiro atoms. The third-order valence-electron chi connectivity index (χ3n) is 4.71. The molecular weight excluding hydrogens is 469 g/mol. The zero-order valence-corrected chi connectivity index (χ0v) is 18.6. The maximum absolute atomic E-state index is 12.5. The number of amides is 1. The first-order chi connectivity index (χ1) is 13.4. The van der Waals surface area contributed by atoms with Crippen LogP contribution in [0.2, 0.25) is 0 Å². The average Bonchev–Trinajstić information content (AvgIpc) is 3.14. The van der Waals surface area contributed by atoms with Crippen LogP contribution in [0.1, 0.15) is 29.1 Å². The summed E-state index contributed by atoms with van der Waals surface area (Å²) in [5.74, 6) is 0.771. The standard InChI is InChI=1S/C20H24IN5O2/c1-13-20(23-19(27)8-9-25-14(2)18(21)11-22-25)15(3)26(24-13)12-16-6-5-7-17(10-16)28-4/h5-7,10-11H,8-9,12H2,1-4H3,(H,23,27). The van der Waals surface area contributed by atoms with Crippen LogP contribution in [0.3, 0.4) is 0 Å². The number of carbonyl (C=O) groups is 1. The van der Waals surface area contributed by atoms with Crippen molar-refractivity contribution in [3.63, 3.8) is 0 Å². The van der Waals surface area contributed by atoms with Crippen LogP contribution < -0.4 is 10.1 Å². The number of rotatable bonds is 7. The van der Waals surface area contributed by atoms with E-state index in [0.29, 0.717) is 19.5 Å². The smallest absolute Gasteiger partial charge is 0.226 e.